The van der Waals surface area contributed by atoms with Crippen molar-refractivity contribution in [3.63, 3.8) is 0 Å². The monoisotopic (exact) mass is 329 g/mol. The molecule has 122 valence electrons. The van der Waals surface area contributed by atoms with Gasteiger partial charge in [-0.05, 0) is 18.6 Å². The van der Waals surface area contributed by atoms with Crippen molar-refractivity contribution in [3.8, 4) is 5.75 Å². The summed E-state index contributed by atoms with van der Waals surface area (Å²) in [5, 5.41) is 9.31. The molecule has 0 aliphatic carbocycles. The largest absolute Gasteiger partial charge is 0.482 e. The zero-order chi connectivity index (χ0) is 16.4. The topological polar surface area (TPSA) is 76.1 Å². The van der Waals surface area contributed by atoms with Crippen LogP contribution in [-0.4, -0.2) is 55.3 Å². The summed E-state index contributed by atoms with van der Waals surface area (Å²) in [6.07, 6.45) is 0.527. The minimum absolute atomic E-state index is 0.0344. The normalized spacial score (nSPS) is 10.1. The highest BCUT2D eigenvalue weighted by atomic mass is 35.5. The van der Waals surface area contributed by atoms with Crippen LogP contribution in [0.4, 0.5) is 0 Å². The first-order chi connectivity index (χ1) is 10.6. The Morgan fingerprint density at radius 3 is 2.64 bits per heavy atom. The molecule has 0 radical (unpaired) electrons. The van der Waals surface area contributed by atoms with E-state index in [2.05, 4.69) is 4.74 Å². The summed E-state index contributed by atoms with van der Waals surface area (Å²) >= 11 is 5.95. The molecule has 0 aliphatic heterocycles. The molecule has 0 unspecified atom stereocenters. The highest BCUT2D eigenvalue weighted by molar-refractivity contribution is 6.32. The van der Waals surface area contributed by atoms with Gasteiger partial charge in [-0.25, -0.2) is 0 Å². The zero-order valence-corrected chi connectivity index (χ0v) is 13.2. The van der Waals surface area contributed by atoms with Crippen LogP contribution < -0.4 is 4.74 Å². The number of rotatable bonds is 9. The summed E-state index contributed by atoms with van der Waals surface area (Å²) in [7, 11) is 1.29. The molecule has 0 bridgehead atoms. The molecular formula is C15H20ClNO5. The predicted octanol–water partition coefficient (Wildman–Crippen LogP) is 1.49. The maximum absolute atomic E-state index is 12.2. The lowest BCUT2D eigenvalue weighted by Gasteiger charge is -2.22. The standard InChI is InChI=1S/C15H20ClNO5/c1-21-15(20)7-9-17(8-4-10-18)14(19)11-22-13-6-3-2-5-12(13)16/h2-3,5-6,18H,4,7-11H2,1H3. The van der Waals surface area contributed by atoms with E-state index < -0.39 is 5.97 Å². The lowest BCUT2D eigenvalue weighted by Crippen LogP contribution is -2.37. The molecule has 0 spiro atoms. The third-order valence-corrected chi connectivity index (χ3v) is 3.25. The Hall–Kier alpha value is -1.79. The van der Waals surface area contributed by atoms with E-state index >= 15 is 0 Å². The predicted molar refractivity (Wildman–Crippen MR) is 81.9 cm³/mol. The van der Waals surface area contributed by atoms with E-state index in [4.69, 9.17) is 21.4 Å². The van der Waals surface area contributed by atoms with Gasteiger partial charge in [-0.1, -0.05) is 23.7 Å². The molecule has 0 fully saturated rings. The van der Waals surface area contributed by atoms with Crippen LogP contribution >= 0.6 is 11.6 Å². The second kappa shape index (κ2) is 10.0. The number of aliphatic hydroxyl groups is 1. The summed E-state index contributed by atoms with van der Waals surface area (Å²) in [4.78, 5) is 24.8. The minimum atomic E-state index is -0.395. The van der Waals surface area contributed by atoms with Crippen LogP contribution in [0.2, 0.25) is 5.02 Å². The molecular weight excluding hydrogens is 310 g/mol. The fraction of sp³-hybridized carbons (Fsp3) is 0.467. The Morgan fingerprint density at radius 2 is 2.00 bits per heavy atom. The number of benzene rings is 1. The molecule has 0 heterocycles. The number of nitrogens with zero attached hydrogens (tertiary/aromatic N) is 1. The van der Waals surface area contributed by atoms with Crippen LogP contribution in [-0.2, 0) is 14.3 Å². The molecule has 0 saturated heterocycles. The van der Waals surface area contributed by atoms with Crippen molar-refractivity contribution in [2.75, 3.05) is 33.4 Å². The zero-order valence-electron chi connectivity index (χ0n) is 12.5. The van der Waals surface area contributed by atoms with E-state index in [-0.39, 0.29) is 32.1 Å². The third-order valence-electron chi connectivity index (χ3n) is 2.94. The van der Waals surface area contributed by atoms with E-state index in [1.165, 1.54) is 12.0 Å². The van der Waals surface area contributed by atoms with Crippen molar-refractivity contribution in [1.82, 2.24) is 4.90 Å². The lowest BCUT2D eigenvalue weighted by atomic mass is 10.3. The van der Waals surface area contributed by atoms with E-state index in [0.717, 1.165) is 0 Å². The van der Waals surface area contributed by atoms with Gasteiger partial charge in [0.15, 0.2) is 6.61 Å². The molecule has 22 heavy (non-hydrogen) atoms. The number of carbonyl (C=O) groups is 2. The van der Waals surface area contributed by atoms with Crippen molar-refractivity contribution < 1.29 is 24.2 Å². The average molecular weight is 330 g/mol. The van der Waals surface area contributed by atoms with Crippen molar-refractivity contribution in [2.45, 2.75) is 12.8 Å². The van der Waals surface area contributed by atoms with Crippen LogP contribution in [0.15, 0.2) is 24.3 Å². The summed E-state index contributed by atoms with van der Waals surface area (Å²) in [5.74, 6) is -0.251. The molecule has 7 heteroatoms. The van der Waals surface area contributed by atoms with Crippen LogP contribution in [0.1, 0.15) is 12.8 Å². The fourth-order valence-electron chi connectivity index (χ4n) is 1.74. The first kappa shape index (κ1) is 18.3. The average Bonchev–Trinajstić information content (AvgIpc) is 2.53. The Morgan fingerprint density at radius 1 is 1.27 bits per heavy atom. The molecule has 0 aromatic heterocycles. The minimum Gasteiger partial charge on any atom is -0.482 e. The number of ether oxygens (including phenoxy) is 2. The number of aliphatic hydroxyl groups excluding tert-OH is 1. The Kier molecular flexibility index (Phi) is 8.32. The second-order valence-electron chi connectivity index (χ2n) is 4.50. The van der Waals surface area contributed by atoms with Crippen molar-refractivity contribution in [3.05, 3.63) is 29.3 Å². The molecule has 1 N–H and O–H groups in total. The van der Waals surface area contributed by atoms with E-state index in [9.17, 15) is 9.59 Å². The van der Waals surface area contributed by atoms with Gasteiger partial charge >= 0.3 is 5.97 Å². The Balaban J connectivity index is 2.55. The van der Waals surface area contributed by atoms with E-state index in [1.807, 2.05) is 0 Å². The van der Waals surface area contributed by atoms with Gasteiger partial charge in [0.05, 0.1) is 18.6 Å². The van der Waals surface area contributed by atoms with E-state index in [1.54, 1.807) is 24.3 Å². The molecule has 0 atom stereocenters. The highest BCUT2D eigenvalue weighted by Crippen LogP contribution is 2.22. The van der Waals surface area contributed by atoms with Gasteiger partial charge < -0.3 is 19.5 Å². The first-order valence-corrected chi connectivity index (χ1v) is 7.29. The first-order valence-electron chi connectivity index (χ1n) is 6.91. The van der Waals surface area contributed by atoms with E-state index in [0.29, 0.717) is 23.7 Å². The van der Waals surface area contributed by atoms with Crippen molar-refractivity contribution in [1.29, 1.82) is 0 Å². The van der Waals surface area contributed by atoms with Gasteiger partial charge in [0.2, 0.25) is 0 Å². The van der Waals surface area contributed by atoms with Crippen LogP contribution in [0.3, 0.4) is 0 Å². The van der Waals surface area contributed by atoms with Gasteiger partial charge in [-0.2, -0.15) is 0 Å². The lowest BCUT2D eigenvalue weighted by molar-refractivity contribution is -0.142. The fourth-order valence-corrected chi connectivity index (χ4v) is 1.93. The third kappa shape index (κ3) is 6.32. The number of amides is 1. The molecule has 1 aromatic carbocycles. The van der Waals surface area contributed by atoms with Gasteiger partial charge in [0.25, 0.3) is 5.91 Å². The van der Waals surface area contributed by atoms with Gasteiger partial charge in [-0.3, -0.25) is 9.59 Å². The summed E-state index contributed by atoms with van der Waals surface area (Å²) < 4.78 is 9.95. The molecule has 6 nitrogen and oxygen atoms in total. The number of carbonyl (C=O) groups excluding carboxylic acids is 2. The Labute approximate surface area is 134 Å². The number of halogens is 1. The number of methoxy groups -OCH3 is 1. The smallest absolute Gasteiger partial charge is 0.307 e. The van der Waals surface area contributed by atoms with Gasteiger partial charge in [-0.15, -0.1) is 0 Å². The number of hydrogen-bond acceptors (Lipinski definition) is 5. The number of para-hydroxylation sites is 1. The molecule has 1 aromatic rings. The van der Waals surface area contributed by atoms with Crippen molar-refractivity contribution in [2.24, 2.45) is 0 Å². The maximum Gasteiger partial charge on any atom is 0.307 e. The van der Waals surface area contributed by atoms with Crippen LogP contribution in [0.25, 0.3) is 0 Å². The quantitative estimate of drug-likeness (QED) is 0.695. The molecule has 0 aliphatic rings. The highest BCUT2D eigenvalue weighted by Gasteiger charge is 2.16. The molecule has 1 amide bonds. The van der Waals surface area contributed by atoms with Crippen LogP contribution in [0, 0.1) is 0 Å². The SMILES string of the molecule is COC(=O)CCN(CCCO)C(=O)COc1ccccc1Cl. The number of hydrogen-bond donors (Lipinski definition) is 1. The second-order valence-corrected chi connectivity index (χ2v) is 4.91. The summed E-state index contributed by atoms with van der Waals surface area (Å²) in [6.45, 7) is 0.347. The molecule has 1 rings (SSSR count). The number of esters is 1. The molecule has 0 saturated carbocycles. The van der Waals surface area contributed by atoms with Gasteiger partial charge in [0.1, 0.15) is 5.75 Å². The Bertz CT molecular complexity index is 495. The van der Waals surface area contributed by atoms with Gasteiger partial charge in [0, 0.05) is 19.7 Å². The summed E-state index contributed by atoms with van der Waals surface area (Å²) in [5.41, 5.74) is 0. The van der Waals surface area contributed by atoms with Crippen LogP contribution in [0.5, 0.6) is 5.75 Å². The summed E-state index contributed by atoms with van der Waals surface area (Å²) in [6, 6.07) is 6.86. The maximum atomic E-state index is 12.2. The van der Waals surface area contributed by atoms with Crippen molar-refractivity contribution >= 4 is 23.5 Å².